The van der Waals surface area contributed by atoms with E-state index in [2.05, 4.69) is 27.9 Å². The lowest BCUT2D eigenvalue weighted by molar-refractivity contribution is 0.102. The molecule has 0 aliphatic carbocycles. The van der Waals surface area contributed by atoms with Gasteiger partial charge in [-0.2, -0.15) is 0 Å². The van der Waals surface area contributed by atoms with Gasteiger partial charge in [0.2, 0.25) is 0 Å². The predicted molar refractivity (Wildman–Crippen MR) is 84.8 cm³/mol. The van der Waals surface area contributed by atoms with Crippen LogP contribution in [0.5, 0.6) is 5.75 Å². The summed E-state index contributed by atoms with van der Waals surface area (Å²) in [5, 5.41) is 2.88. The molecule has 0 saturated heterocycles. The molecule has 0 aliphatic heterocycles. The lowest BCUT2D eigenvalue weighted by Gasteiger charge is -2.10. The second-order valence-corrected chi connectivity index (χ2v) is 5.28. The molecule has 0 fully saturated rings. The van der Waals surface area contributed by atoms with Gasteiger partial charge in [0, 0.05) is 9.26 Å². The van der Waals surface area contributed by atoms with Crippen LogP contribution in [-0.4, -0.2) is 13.0 Å². The van der Waals surface area contributed by atoms with Crippen molar-refractivity contribution in [3.8, 4) is 5.75 Å². The zero-order chi connectivity index (χ0) is 13.8. The predicted octanol–water partition coefficient (Wildman–Crippen LogP) is 3.86. The van der Waals surface area contributed by atoms with Gasteiger partial charge in [0.15, 0.2) is 0 Å². The van der Waals surface area contributed by atoms with Crippen molar-refractivity contribution in [3.05, 3.63) is 57.2 Å². The van der Waals surface area contributed by atoms with E-state index in [1.54, 1.807) is 19.2 Å². The van der Waals surface area contributed by atoms with E-state index in [1.807, 2.05) is 37.3 Å². The number of carbonyl (C=O) groups excluding carboxylic acids is 1. The molecule has 2 rings (SSSR count). The fourth-order valence-corrected chi connectivity index (χ4v) is 2.22. The molecular weight excluding hydrogens is 353 g/mol. The average molecular weight is 367 g/mol. The lowest BCUT2D eigenvalue weighted by Crippen LogP contribution is -2.13. The third-order valence-corrected chi connectivity index (χ3v) is 3.94. The Kier molecular flexibility index (Phi) is 4.42. The van der Waals surface area contributed by atoms with Gasteiger partial charge in [-0.05, 0) is 59.3 Å². The Morgan fingerprint density at radius 2 is 1.95 bits per heavy atom. The number of carbonyl (C=O) groups is 1. The van der Waals surface area contributed by atoms with E-state index in [0.29, 0.717) is 11.3 Å². The summed E-state index contributed by atoms with van der Waals surface area (Å²) in [5.74, 6) is 0.402. The number of rotatable bonds is 3. The first-order chi connectivity index (χ1) is 9.11. The topological polar surface area (TPSA) is 38.3 Å². The molecular formula is C15H14INO2. The number of anilines is 1. The quantitative estimate of drug-likeness (QED) is 0.837. The fraction of sp³-hybridized carbons (Fsp3) is 0.133. The molecule has 0 heterocycles. The molecule has 0 atom stereocenters. The van der Waals surface area contributed by atoms with Crippen LogP contribution in [0.4, 0.5) is 5.69 Å². The number of hydrogen-bond acceptors (Lipinski definition) is 2. The van der Waals surface area contributed by atoms with Crippen molar-refractivity contribution in [2.75, 3.05) is 12.4 Å². The van der Waals surface area contributed by atoms with E-state index in [4.69, 9.17) is 4.74 Å². The highest BCUT2D eigenvalue weighted by Crippen LogP contribution is 2.21. The van der Waals surface area contributed by atoms with E-state index in [0.717, 1.165) is 9.26 Å². The maximum absolute atomic E-state index is 12.2. The van der Waals surface area contributed by atoms with E-state index < -0.39 is 0 Å². The van der Waals surface area contributed by atoms with Crippen LogP contribution in [0, 0.1) is 10.5 Å². The Hall–Kier alpha value is -1.56. The van der Waals surface area contributed by atoms with Gasteiger partial charge < -0.3 is 10.1 Å². The molecule has 0 saturated carbocycles. The van der Waals surface area contributed by atoms with Gasteiger partial charge >= 0.3 is 0 Å². The Balaban J connectivity index is 2.23. The van der Waals surface area contributed by atoms with Crippen molar-refractivity contribution in [1.82, 2.24) is 0 Å². The standard InChI is InChI=1S/C15H14INO2/c1-10-7-8-11(9-13(10)16)17-15(18)12-5-3-4-6-14(12)19-2/h3-9H,1-2H3,(H,17,18). The number of methoxy groups -OCH3 is 1. The van der Waals surface area contributed by atoms with Crippen LogP contribution >= 0.6 is 22.6 Å². The van der Waals surface area contributed by atoms with Gasteiger partial charge in [-0.1, -0.05) is 18.2 Å². The highest BCUT2D eigenvalue weighted by atomic mass is 127. The maximum Gasteiger partial charge on any atom is 0.259 e. The summed E-state index contributed by atoms with van der Waals surface area (Å²) >= 11 is 2.25. The maximum atomic E-state index is 12.2. The number of ether oxygens (including phenoxy) is 1. The van der Waals surface area contributed by atoms with Crippen molar-refractivity contribution >= 4 is 34.2 Å². The van der Waals surface area contributed by atoms with Gasteiger partial charge in [-0.25, -0.2) is 0 Å². The molecule has 0 unspecified atom stereocenters. The van der Waals surface area contributed by atoms with Crippen LogP contribution in [-0.2, 0) is 0 Å². The van der Waals surface area contributed by atoms with Crippen LogP contribution in [0.1, 0.15) is 15.9 Å². The third kappa shape index (κ3) is 3.26. The van der Waals surface area contributed by atoms with Gasteiger partial charge in [0.1, 0.15) is 5.75 Å². The van der Waals surface area contributed by atoms with Crippen LogP contribution in [0.2, 0.25) is 0 Å². The normalized spacial score (nSPS) is 10.1. The molecule has 2 aromatic carbocycles. The Bertz CT molecular complexity index is 611. The minimum Gasteiger partial charge on any atom is -0.496 e. The highest BCUT2D eigenvalue weighted by molar-refractivity contribution is 14.1. The van der Waals surface area contributed by atoms with E-state index >= 15 is 0 Å². The molecule has 19 heavy (non-hydrogen) atoms. The van der Waals surface area contributed by atoms with E-state index in [9.17, 15) is 4.79 Å². The number of nitrogens with one attached hydrogen (secondary N) is 1. The highest BCUT2D eigenvalue weighted by Gasteiger charge is 2.11. The first-order valence-electron chi connectivity index (χ1n) is 5.82. The number of hydrogen-bond donors (Lipinski definition) is 1. The van der Waals surface area contributed by atoms with Gasteiger partial charge in [-0.3, -0.25) is 4.79 Å². The summed E-state index contributed by atoms with van der Waals surface area (Å²) in [6.07, 6.45) is 0. The SMILES string of the molecule is COc1ccccc1C(=O)Nc1ccc(C)c(I)c1. The van der Waals surface area contributed by atoms with Crippen molar-refractivity contribution in [1.29, 1.82) is 0 Å². The average Bonchev–Trinajstić information content (AvgIpc) is 2.43. The first-order valence-corrected chi connectivity index (χ1v) is 6.90. The van der Waals surface area contributed by atoms with Crippen LogP contribution in [0.3, 0.4) is 0 Å². The minimum atomic E-state index is -0.169. The summed E-state index contributed by atoms with van der Waals surface area (Å²) < 4.78 is 6.31. The van der Waals surface area contributed by atoms with Gasteiger partial charge in [0.25, 0.3) is 5.91 Å². The van der Waals surface area contributed by atoms with Crippen molar-refractivity contribution in [3.63, 3.8) is 0 Å². The second-order valence-electron chi connectivity index (χ2n) is 4.12. The van der Waals surface area contributed by atoms with E-state index in [1.165, 1.54) is 5.56 Å². The van der Waals surface area contributed by atoms with E-state index in [-0.39, 0.29) is 5.91 Å². The molecule has 4 heteroatoms. The summed E-state index contributed by atoms with van der Waals surface area (Å²) in [5.41, 5.74) is 2.50. The molecule has 0 bridgehead atoms. The number of aryl methyl sites for hydroxylation is 1. The summed E-state index contributed by atoms with van der Waals surface area (Å²) in [6, 6.07) is 13.0. The van der Waals surface area contributed by atoms with Crippen LogP contribution < -0.4 is 10.1 Å². The van der Waals surface area contributed by atoms with Crippen LogP contribution in [0.15, 0.2) is 42.5 Å². The number of halogens is 1. The summed E-state index contributed by atoms with van der Waals surface area (Å²) in [6.45, 7) is 2.04. The zero-order valence-electron chi connectivity index (χ0n) is 10.7. The van der Waals surface area contributed by atoms with Crippen LogP contribution in [0.25, 0.3) is 0 Å². The van der Waals surface area contributed by atoms with Gasteiger partial charge in [-0.15, -0.1) is 0 Å². The fourth-order valence-electron chi connectivity index (χ4n) is 1.70. The molecule has 0 aliphatic rings. The number of para-hydroxylation sites is 1. The first kappa shape index (κ1) is 13.9. The smallest absolute Gasteiger partial charge is 0.259 e. The van der Waals surface area contributed by atoms with Gasteiger partial charge in [0.05, 0.1) is 12.7 Å². The number of amides is 1. The Labute approximate surface area is 126 Å². The zero-order valence-corrected chi connectivity index (χ0v) is 12.9. The molecule has 98 valence electrons. The molecule has 3 nitrogen and oxygen atoms in total. The number of benzene rings is 2. The largest absolute Gasteiger partial charge is 0.496 e. The molecule has 0 aromatic heterocycles. The molecule has 2 aromatic rings. The Morgan fingerprint density at radius 3 is 2.63 bits per heavy atom. The third-order valence-electron chi connectivity index (χ3n) is 2.78. The monoisotopic (exact) mass is 367 g/mol. The molecule has 0 spiro atoms. The molecule has 1 N–H and O–H groups in total. The van der Waals surface area contributed by atoms with Crippen molar-refractivity contribution < 1.29 is 9.53 Å². The van der Waals surface area contributed by atoms with Crippen molar-refractivity contribution in [2.45, 2.75) is 6.92 Å². The summed E-state index contributed by atoms with van der Waals surface area (Å²) in [4.78, 5) is 12.2. The summed E-state index contributed by atoms with van der Waals surface area (Å²) in [7, 11) is 1.56. The second kappa shape index (κ2) is 6.06. The molecule has 1 amide bonds. The van der Waals surface area contributed by atoms with Crippen molar-refractivity contribution in [2.24, 2.45) is 0 Å². The minimum absolute atomic E-state index is 0.169. The molecule has 0 radical (unpaired) electrons. The lowest BCUT2D eigenvalue weighted by atomic mass is 10.1. The Morgan fingerprint density at radius 1 is 1.21 bits per heavy atom.